The predicted molar refractivity (Wildman–Crippen MR) is 72.7 cm³/mol. The fourth-order valence-corrected chi connectivity index (χ4v) is 1.68. The van der Waals surface area contributed by atoms with E-state index in [4.69, 9.17) is 9.84 Å². The number of ether oxygens (including phenoxy) is 1. The van der Waals surface area contributed by atoms with Gasteiger partial charge in [0, 0.05) is 25.0 Å². The Hall–Kier alpha value is -2.32. The van der Waals surface area contributed by atoms with Gasteiger partial charge in [-0.25, -0.2) is 9.37 Å². The third-order valence-electron chi connectivity index (χ3n) is 2.63. The molecule has 104 valence electrons. The zero-order chi connectivity index (χ0) is 14.2. The molecule has 4 nitrogen and oxygen atoms in total. The Morgan fingerprint density at radius 2 is 2.30 bits per heavy atom. The first-order valence-electron chi connectivity index (χ1n) is 6.27. The summed E-state index contributed by atoms with van der Waals surface area (Å²) in [5.41, 5.74) is 0.254. The quantitative estimate of drug-likeness (QED) is 0.668. The molecule has 2 rings (SSSR count). The van der Waals surface area contributed by atoms with Gasteiger partial charge in [-0.15, -0.1) is 0 Å². The van der Waals surface area contributed by atoms with Gasteiger partial charge in [-0.05, 0) is 18.6 Å². The lowest BCUT2D eigenvalue weighted by Gasteiger charge is -2.07. The summed E-state index contributed by atoms with van der Waals surface area (Å²) in [5.74, 6) is 4.97. The first-order chi connectivity index (χ1) is 9.79. The summed E-state index contributed by atoms with van der Waals surface area (Å²) in [4.78, 5) is 3.95. The van der Waals surface area contributed by atoms with E-state index >= 15 is 0 Å². The Kier molecular flexibility index (Phi) is 5.15. The van der Waals surface area contributed by atoms with Crippen molar-refractivity contribution in [3.63, 3.8) is 0 Å². The molecule has 0 amide bonds. The van der Waals surface area contributed by atoms with Gasteiger partial charge in [0.2, 0.25) is 0 Å². The highest BCUT2D eigenvalue weighted by atomic mass is 19.1. The number of benzene rings is 1. The molecule has 1 heterocycles. The maximum absolute atomic E-state index is 13.6. The van der Waals surface area contributed by atoms with E-state index in [0.29, 0.717) is 12.4 Å². The van der Waals surface area contributed by atoms with Gasteiger partial charge < -0.3 is 14.4 Å². The lowest BCUT2D eigenvalue weighted by atomic mass is 10.2. The summed E-state index contributed by atoms with van der Waals surface area (Å²) in [6, 6.07) is 4.52. The highest BCUT2D eigenvalue weighted by Crippen LogP contribution is 2.16. The van der Waals surface area contributed by atoms with Gasteiger partial charge in [-0.2, -0.15) is 0 Å². The number of imidazole rings is 1. The van der Waals surface area contributed by atoms with Gasteiger partial charge in [0.1, 0.15) is 18.2 Å². The molecular weight excluding hydrogens is 259 g/mol. The molecule has 20 heavy (non-hydrogen) atoms. The van der Waals surface area contributed by atoms with Crippen molar-refractivity contribution in [3.8, 4) is 17.6 Å². The first-order valence-corrected chi connectivity index (χ1v) is 6.27. The molecule has 0 aliphatic carbocycles. The molecule has 1 N–H and O–H groups in total. The molecule has 0 bridgehead atoms. The topological polar surface area (TPSA) is 47.3 Å². The number of aliphatic hydroxyl groups excluding tert-OH is 1. The fourth-order valence-electron chi connectivity index (χ4n) is 1.68. The lowest BCUT2D eigenvalue weighted by molar-refractivity contribution is 0.300. The van der Waals surface area contributed by atoms with Crippen LogP contribution in [0.25, 0.3) is 0 Å². The van der Waals surface area contributed by atoms with E-state index in [1.54, 1.807) is 24.7 Å². The predicted octanol–water partition coefficient (Wildman–Crippen LogP) is 1.84. The maximum Gasteiger partial charge on any atom is 0.142 e. The third-order valence-corrected chi connectivity index (χ3v) is 2.63. The largest absolute Gasteiger partial charge is 0.493 e. The summed E-state index contributed by atoms with van der Waals surface area (Å²) < 4.78 is 21.1. The number of rotatable bonds is 5. The molecule has 0 unspecified atom stereocenters. The van der Waals surface area contributed by atoms with Crippen LogP contribution >= 0.6 is 0 Å². The second kappa shape index (κ2) is 7.31. The van der Waals surface area contributed by atoms with E-state index in [1.165, 1.54) is 6.07 Å². The molecule has 5 heteroatoms. The molecule has 0 saturated carbocycles. The van der Waals surface area contributed by atoms with Crippen LogP contribution in [0.1, 0.15) is 12.0 Å². The molecule has 0 spiro atoms. The fraction of sp³-hybridized carbons (Fsp3) is 0.267. The molecule has 0 atom stereocenters. The van der Waals surface area contributed by atoms with Crippen LogP contribution in [0.3, 0.4) is 0 Å². The van der Waals surface area contributed by atoms with Crippen molar-refractivity contribution in [1.29, 1.82) is 0 Å². The highest BCUT2D eigenvalue weighted by Gasteiger charge is 2.02. The van der Waals surface area contributed by atoms with Crippen molar-refractivity contribution < 1.29 is 14.2 Å². The SMILES string of the molecule is OCC#Cc1ccc(OCCCn2ccnc2)cc1F. The molecule has 0 saturated heterocycles. The van der Waals surface area contributed by atoms with Crippen LogP contribution in [0.4, 0.5) is 4.39 Å². The van der Waals surface area contributed by atoms with Crippen molar-refractivity contribution >= 4 is 0 Å². The third kappa shape index (κ3) is 4.11. The number of nitrogens with zero attached hydrogens (tertiary/aromatic N) is 2. The summed E-state index contributed by atoms with van der Waals surface area (Å²) in [6.45, 7) is 1.02. The van der Waals surface area contributed by atoms with E-state index in [0.717, 1.165) is 13.0 Å². The zero-order valence-corrected chi connectivity index (χ0v) is 10.9. The number of halogens is 1. The minimum atomic E-state index is -0.446. The van der Waals surface area contributed by atoms with E-state index in [9.17, 15) is 4.39 Å². The number of hydrogen-bond acceptors (Lipinski definition) is 3. The van der Waals surface area contributed by atoms with E-state index < -0.39 is 5.82 Å². The van der Waals surface area contributed by atoms with Crippen LogP contribution in [-0.2, 0) is 6.54 Å². The molecule has 0 radical (unpaired) electrons. The average molecular weight is 274 g/mol. The molecule has 0 fully saturated rings. The summed E-state index contributed by atoms with van der Waals surface area (Å²) >= 11 is 0. The Balaban J connectivity index is 1.82. The molecule has 2 aromatic rings. The maximum atomic E-state index is 13.6. The van der Waals surface area contributed by atoms with Crippen molar-refractivity contribution in [2.45, 2.75) is 13.0 Å². The monoisotopic (exact) mass is 274 g/mol. The minimum Gasteiger partial charge on any atom is -0.493 e. The van der Waals surface area contributed by atoms with Crippen molar-refractivity contribution in [1.82, 2.24) is 9.55 Å². The second-order valence-corrected chi connectivity index (χ2v) is 4.10. The minimum absolute atomic E-state index is 0.254. The van der Waals surface area contributed by atoms with Crippen LogP contribution in [0.15, 0.2) is 36.9 Å². The van der Waals surface area contributed by atoms with Gasteiger partial charge in [-0.3, -0.25) is 0 Å². The van der Waals surface area contributed by atoms with E-state index in [2.05, 4.69) is 16.8 Å². The Morgan fingerprint density at radius 1 is 1.40 bits per heavy atom. The molecular formula is C15H15FN2O2. The van der Waals surface area contributed by atoms with E-state index in [-0.39, 0.29) is 12.2 Å². The Morgan fingerprint density at radius 3 is 3.00 bits per heavy atom. The highest BCUT2D eigenvalue weighted by molar-refractivity contribution is 5.39. The number of hydrogen-bond donors (Lipinski definition) is 1. The van der Waals surface area contributed by atoms with Crippen LogP contribution in [-0.4, -0.2) is 27.9 Å². The number of aliphatic hydroxyl groups is 1. The first kappa shape index (κ1) is 14.1. The lowest BCUT2D eigenvalue weighted by Crippen LogP contribution is -2.03. The van der Waals surface area contributed by atoms with Crippen molar-refractivity contribution in [2.24, 2.45) is 0 Å². The van der Waals surface area contributed by atoms with Gasteiger partial charge in [0.15, 0.2) is 0 Å². The number of aromatic nitrogens is 2. The van der Waals surface area contributed by atoms with Gasteiger partial charge in [0.25, 0.3) is 0 Å². The second-order valence-electron chi connectivity index (χ2n) is 4.10. The summed E-state index contributed by atoms with van der Waals surface area (Å²) in [6.07, 6.45) is 6.16. The van der Waals surface area contributed by atoms with Crippen molar-refractivity contribution in [3.05, 3.63) is 48.3 Å². The van der Waals surface area contributed by atoms with Crippen LogP contribution in [0, 0.1) is 17.7 Å². The zero-order valence-electron chi connectivity index (χ0n) is 10.9. The Bertz CT molecular complexity index is 600. The van der Waals surface area contributed by atoms with Gasteiger partial charge >= 0.3 is 0 Å². The van der Waals surface area contributed by atoms with Gasteiger partial charge in [-0.1, -0.05) is 11.8 Å². The number of aryl methyl sites for hydroxylation is 1. The van der Waals surface area contributed by atoms with Crippen LogP contribution < -0.4 is 4.74 Å². The molecule has 0 aliphatic rings. The van der Waals surface area contributed by atoms with Crippen molar-refractivity contribution in [2.75, 3.05) is 13.2 Å². The molecule has 0 aliphatic heterocycles. The smallest absolute Gasteiger partial charge is 0.142 e. The Labute approximate surface area is 116 Å². The average Bonchev–Trinajstić information content (AvgIpc) is 2.96. The molecule has 1 aromatic heterocycles. The molecule has 1 aromatic carbocycles. The van der Waals surface area contributed by atoms with Crippen LogP contribution in [0.2, 0.25) is 0 Å². The summed E-state index contributed by atoms with van der Waals surface area (Å²) in [5, 5.41) is 8.57. The van der Waals surface area contributed by atoms with Gasteiger partial charge in [0.05, 0.1) is 18.5 Å². The summed E-state index contributed by atoms with van der Waals surface area (Å²) in [7, 11) is 0. The van der Waals surface area contributed by atoms with Crippen LogP contribution in [0.5, 0.6) is 5.75 Å². The van der Waals surface area contributed by atoms with E-state index in [1.807, 2.05) is 10.8 Å². The standard InChI is InChI=1S/C15H15FN2O2/c16-15-11-14(5-4-13(15)3-1-9-19)20-10-2-7-18-8-6-17-12-18/h4-6,8,11-12,19H,2,7,9-10H2. The normalized spacial score (nSPS) is 9.90.